The maximum atomic E-state index is 13.4. The summed E-state index contributed by atoms with van der Waals surface area (Å²) in [4.78, 5) is 51.9. The third-order valence-corrected chi connectivity index (χ3v) is 7.08. The molecular weight excluding hydrogens is 507 g/mol. The molecule has 2 heterocycles. The number of hydrogen-bond donors (Lipinski definition) is 4. The van der Waals surface area contributed by atoms with Crippen LogP contribution in [0.25, 0.3) is 0 Å². The Hall–Kier alpha value is -3.34. The van der Waals surface area contributed by atoms with Gasteiger partial charge in [-0.05, 0) is 37.1 Å². The van der Waals surface area contributed by atoms with E-state index in [1.54, 1.807) is 36.0 Å². The van der Waals surface area contributed by atoms with Gasteiger partial charge >= 0.3 is 0 Å². The molecule has 10 nitrogen and oxygen atoms in total. The molecule has 0 saturated carbocycles. The zero-order valence-electron chi connectivity index (χ0n) is 19.4. The predicted octanol–water partition coefficient (Wildman–Crippen LogP) is 1.67. The molecule has 6 N–H and O–H groups in total. The molecule has 4 rings (SSSR count). The molecule has 2 aliphatic rings. The van der Waals surface area contributed by atoms with Gasteiger partial charge in [0.2, 0.25) is 11.8 Å². The summed E-state index contributed by atoms with van der Waals surface area (Å²) in [6.45, 7) is 0.206. The fraction of sp³-hybridized carbons (Fsp3) is 0.333. The van der Waals surface area contributed by atoms with Crippen LogP contribution in [-0.4, -0.2) is 57.8 Å². The number of primary amides is 1. The largest absolute Gasteiger partial charge is 0.369 e. The van der Waals surface area contributed by atoms with Gasteiger partial charge in [0.25, 0.3) is 11.8 Å². The Bertz CT molecular complexity index is 1260. The number of aryl methyl sites for hydroxylation is 1. The molecule has 4 amide bonds. The smallest absolute Gasteiger partial charge is 0.271 e. The number of nitrogens with two attached hydrogens (primary N) is 2. The van der Waals surface area contributed by atoms with Gasteiger partial charge in [-0.1, -0.05) is 35.4 Å². The van der Waals surface area contributed by atoms with Gasteiger partial charge in [0.05, 0.1) is 21.7 Å². The zero-order valence-corrected chi connectivity index (χ0v) is 20.9. The summed E-state index contributed by atoms with van der Waals surface area (Å²) < 4.78 is 1.57. The fourth-order valence-electron chi connectivity index (χ4n) is 4.47. The number of amides is 4. The summed E-state index contributed by atoms with van der Waals surface area (Å²) in [5, 5.41) is 6.19. The van der Waals surface area contributed by atoms with E-state index >= 15 is 0 Å². The summed E-state index contributed by atoms with van der Waals surface area (Å²) >= 11 is 11.9. The van der Waals surface area contributed by atoms with Crippen LogP contribution >= 0.6 is 23.2 Å². The first kappa shape index (κ1) is 25.7. The molecular formula is C24H26Cl2N6O4. The lowest BCUT2D eigenvalue weighted by atomic mass is 10.1. The van der Waals surface area contributed by atoms with E-state index < -0.39 is 29.7 Å². The van der Waals surface area contributed by atoms with E-state index in [0.717, 1.165) is 0 Å². The second-order valence-electron chi connectivity index (χ2n) is 9.02. The first-order valence-electron chi connectivity index (χ1n) is 11.3. The molecule has 1 aromatic carbocycles. The number of anilines is 1. The van der Waals surface area contributed by atoms with E-state index in [1.807, 2.05) is 0 Å². The molecule has 0 bridgehead atoms. The minimum atomic E-state index is -0.766. The summed E-state index contributed by atoms with van der Waals surface area (Å²) in [5.74, 6) is -2.04. The standard InChI is InChI=1S/C24H26Cl2N6O4/c1-31-11-16(30-22(34)13-3-5-17(25)18(26)7-13)9-20(31)24(36)32-10-14(27)8-19(32)23(35)29-15-4-2-12(6-15)21(28)33/h2-5,7,9,11-12,14-15,19H,6,8,10,27H2,1H3,(H2,28,33)(H,29,35)(H,30,34)/t12-,14?,15+,19?/m0/s1. The normalized spacial score (nSPS) is 23.1. The Morgan fingerprint density at radius 1 is 1.06 bits per heavy atom. The lowest BCUT2D eigenvalue weighted by molar-refractivity contribution is -0.126. The summed E-state index contributed by atoms with van der Waals surface area (Å²) in [6, 6.07) is 4.58. The van der Waals surface area contributed by atoms with Gasteiger partial charge in [-0.2, -0.15) is 0 Å². The molecule has 1 saturated heterocycles. The second-order valence-corrected chi connectivity index (χ2v) is 9.84. The first-order valence-corrected chi connectivity index (χ1v) is 12.1. The van der Waals surface area contributed by atoms with Crippen LogP contribution < -0.4 is 22.1 Å². The Morgan fingerprint density at radius 3 is 2.47 bits per heavy atom. The number of carbonyl (C=O) groups excluding carboxylic acids is 4. The zero-order chi connectivity index (χ0) is 26.1. The molecule has 1 fully saturated rings. The number of rotatable bonds is 6. The van der Waals surface area contributed by atoms with Crippen molar-refractivity contribution in [3.05, 3.63) is 63.9 Å². The molecule has 4 atom stereocenters. The lowest BCUT2D eigenvalue weighted by Crippen LogP contribution is -2.48. The number of nitrogens with one attached hydrogen (secondary N) is 2. The average Bonchev–Trinajstić information content (AvgIpc) is 3.53. The number of nitrogens with zero attached hydrogens (tertiary/aromatic N) is 2. The molecule has 36 heavy (non-hydrogen) atoms. The van der Waals surface area contributed by atoms with E-state index in [0.29, 0.717) is 29.1 Å². The quantitative estimate of drug-likeness (QED) is 0.417. The molecule has 0 radical (unpaired) electrons. The van der Waals surface area contributed by atoms with Crippen molar-refractivity contribution in [2.75, 3.05) is 11.9 Å². The van der Waals surface area contributed by atoms with E-state index in [2.05, 4.69) is 10.6 Å². The number of aromatic nitrogens is 1. The van der Waals surface area contributed by atoms with Crippen molar-refractivity contribution in [3.8, 4) is 0 Å². The van der Waals surface area contributed by atoms with Crippen molar-refractivity contribution < 1.29 is 19.2 Å². The lowest BCUT2D eigenvalue weighted by Gasteiger charge is -2.25. The summed E-state index contributed by atoms with van der Waals surface area (Å²) in [5.41, 5.74) is 12.4. The van der Waals surface area contributed by atoms with Gasteiger partial charge in [0, 0.05) is 37.4 Å². The highest BCUT2D eigenvalue weighted by Crippen LogP contribution is 2.25. The van der Waals surface area contributed by atoms with Crippen molar-refractivity contribution >= 4 is 52.5 Å². The minimum absolute atomic E-state index is 0.206. The van der Waals surface area contributed by atoms with Crippen LogP contribution in [0.15, 0.2) is 42.6 Å². The molecule has 0 spiro atoms. The van der Waals surface area contributed by atoms with Crippen molar-refractivity contribution in [2.45, 2.75) is 31.0 Å². The van der Waals surface area contributed by atoms with Crippen LogP contribution in [0.4, 0.5) is 5.69 Å². The van der Waals surface area contributed by atoms with Gasteiger partial charge in [0.1, 0.15) is 11.7 Å². The first-order chi connectivity index (χ1) is 17.0. The minimum Gasteiger partial charge on any atom is -0.369 e. The Morgan fingerprint density at radius 2 is 1.81 bits per heavy atom. The van der Waals surface area contributed by atoms with Gasteiger partial charge in [-0.25, -0.2) is 0 Å². The molecule has 1 aromatic heterocycles. The van der Waals surface area contributed by atoms with Crippen LogP contribution in [0.3, 0.4) is 0 Å². The van der Waals surface area contributed by atoms with Crippen LogP contribution in [0.5, 0.6) is 0 Å². The van der Waals surface area contributed by atoms with Crippen LogP contribution in [0.2, 0.25) is 10.0 Å². The SMILES string of the molecule is Cn1cc(NC(=O)c2ccc(Cl)c(Cl)c2)cc1C(=O)N1CC(N)CC1C(=O)N[C@@H]1C=C[C@H](C(N)=O)C1. The Kier molecular flexibility index (Phi) is 7.39. The van der Waals surface area contributed by atoms with Crippen LogP contribution in [0.1, 0.15) is 33.7 Å². The number of benzene rings is 1. The summed E-state index contributed by atoms with van der Waals surface area (Å²) in [6.07, 6.45) is 5.69. The highest BCUT2D eigenvalue weighted by Gasteiger charge is 2.40. The Labute approximate surface area is 217 Å². The van der Waals surface area contributed by atoms with Gasteiger partial charge in [-0.15, -0.1) is 0 Å². The van der Waals surface area contributed by atoms with Gasteiger partial charge in [0.15, 0.2) is 0 Å². The third kappa shape index (κ3) is 5.40. The van der Waals surface area contributed by atoms with E-state index in [-0.39, 0.29) is 35.3 Å². The number of carbonyl (C=O) groups is 4. The molecule has 1 aliphatic carbocycles. The number of hydrogen-bond acceptors (Lipinski definition) is 5. The molecule has 2 unspecified atom stereocenters. The van der Waals surface area contributed by atoms with E-state index in [9.17, 15) is 19.2 Å². The third-order valence-electron chi connectivity index (χ3n) is 6.34. The van der Waals surface area contributed by atoms with Crippen molar-refractivity contribution in [2.24, 2.45) is 24.4 Å². The van der Waals surface area contributed by atoms with Gasteiger partial charge < -0.3 is 31.6 Å². The average molecular weight is 533 g/mol. The van der Waals surface area contributed by atoms with E-state index in [4.69, 9.17) is 34.7 Å². The molecule has 12 heteroatoms. The fourth-order valence-corrected chi connectivity index (χ4v) is 4.77. The summed E-state index contributed by atoms with van der Waals surface area (Å²) in [7, 11) is 1.67. The predicted molar refractivity (Wildman–Crippen MR) is 136 cm³/mol. The molecule has 1 aliphatic heterocycles. The maximum Gasteiger partial charge on any atom is 0.271 e. The highest BCUT2D eigenvalue weighted by molar-refractivity contribution is 6.42. The molecule has 190 valence electrons. The van der Waals surface area contributed by atoms with Crippen LogP contribution in [0, 0.1) is 5.92 Å². The number of halogens is 2. The van der Waals surface area contributed by atoms with Crippen molar-refractivity contribution in [3.63, 3.8) is 0 Å². The number of likely N-dealkylation sites (tertiary alicyclic amines) is 1. The van der Waals surface area contributed by atoms with Crippen molar-refractivity contribution in [1.82, 2.24) is 14.8 Å². The van der Waals surface area contributed by atoms with Crippen molar-refractivity contribution in [1.29, 1.82) is 0 Å². The second kappa shape index (κ2) is 10.3. The topological polar surface area (TPSA) is 153 Å². The molecule has 2 aromatic rings. The highest BCUT2D eigenvalue weighted by atomic mass is 35.5. The van der Waals surface area contributed by atoms with Crippen LogP contribution in [-0.2, 0) is 16.6 Å². The maximum absolute atomic E-state index is 13.4. The van der Waals surface area contributed by atoms with Gasteiger partial charge in [-0.3, -0.25) is 19.2 Å². The monoisotopic (exact) mass is 532 g/mol. The van der Waals surface area contributed by atoms with E-state index in [1.165, 1.54) is 23.1 Å². The Balaban J connectivity index is 1.45.